The molecule has 3 aromatic carbocycles. The third-order valence-electron chi connectivity index (χ3n) is 4.79. The molecule has 1 N–H and O–H groups in total. The zero-order chi connectivity index (χ0) is 20.4. The van der Waals surface area contributed by atoms with Gasteiger partial charge in [-0.05, 0) is 53.9 Å². The fourth-order valence-electron chi connectivity index (χ4n) is 3.22. The molecular weight excluding hydrogens is 384 g/mol. The summed E-state index contributed by atoms with van der Waals surface area (Å²) in [5, 5.41) is 3.49. The number of benzene rings is 3. The fraction of sp³-hybridized carbons (Fsp3) is 0.130. The highest BCUT2D eigenvalue weighted by molar-refractivity contribution is 7.22. The van der Waals surface area contributed by atoms with E-state index in [-0.39, 0.29) is 5.91 Å². The Bertz CT molecular complexity index is 1180. The van der Waals surface area contributed by atoms with Crippen LogP contribution in [0.15, 0.2) is 60.7 Å². The van der Waals surface area contributed by atoms with Crippen molar-refractivity contribution in [2.24, 2.45) is 0 Å². The quantitative estimate of drug-likeness (QED) is 0.474. The van der Waals surface area contributed by atoms with Crippen LogP contribution in [0.5, 0.6) is 11.5 Å². The summed E-state index contributed by atoms with van der Waals surface area (Å²) in [6, 6.07) is 19.2. The number of thiazole rings is 1. The fourth-order valence-corrected chi connectivity index (χ4v) is 4.06. The Labute approximate surface area is 172 Å². The Hall–Kier alpha value is -3.38. The Morgan fingerprint density at radius 3 is 2.41 bits per heavy atom. The molecule has 0 spiro atoms. The predicted molar refractivity (Wildman–Crippen MR) is 117 cm³/mol. The lowest BCUT2D eigenvalue weighted by molar-refractivity contribution is 0.102. The summed E-state index contributed by atoms with van der Waals surface area (Å²) in [5.41, 5.74) is 4.38. The van der Waals surface area contributed by atoms with Gasteiger partial charge in [-0.3, -0.25) is 10.1 Å². The van der Waals surface area contributed by atoms with Crippen LogP contribution in [-0.2, 0) is 0 Å². The van der Waals surface area contributed by atoms with Crippen molar-refractivity contribution < 1.29 is 14.3 Å². The van der Waals surface area contributed by atoms with Crippen molar-refractivity contribution >= 4 is 32.6 Å². The second kappa shape index (κ2) is 7.93. The topological polar surface area (TPSA) is 60.5 Å². The Morgan fingerprint density at radius 1 is 0.966 bits per heavy atom. The summed E-state index contributed by atoms with van der Waals surface area (Å²) < 4.78 is 11.5. The number of carbonyl (C=O) groups is 1. The molecule has 4 rings (SSSR count). The van der Waals surface area contributed by atoms with Crippen molar-refractivity contribution in [2.45, 2.75) is 6.92 Å². The third-order valence-corrected chi connectivity index (χ3v) is 5.75. The van der Waals surface area contributed by atoms with Crippen LogP contribution < -0.4 is 14.8 Å². The van der Waals surface area contributed by atoms with Gasteiger partial charge in [-0.2, -0.15) is 0 Å². The molecule has 1 amide bonds. The molecule has 146 valence electrons. The first-order valence-electron chi connectivity index (χ1n) is 9.09. The lowest BCUT2D eigenvalue weighted by atomic mass is 9.96. The van der Waals surface area contributed by atoms with E-state index in [1.54, 1.807) is 14.2 Å². The van der Waals surface area contributed by atoms with E-state index in [1.807, 2.05) is 67.6 Å². The van der Waals surface area contributed by atoms with Crippen molar-refractivity contribution in [3.05, 3.63) is 71.8 Å². The highest BCUT2D eigenvalue weighted by atomic mass is 32.1. The van der Waals surface area contributed by atoms with Crippen LogP contribution in [0.1, 0.15) is 15.9 Å². The number of carbonyl (C=O) groups excluding carboxylic acids is 1. The van der Waals surface area contributed by atoms with Crippen LogP contribution >= 0.6 is 11.3 Å². The molecule has 0 bridgehead atoms. The van der Waals surface area contributed by atoms with Gasteiger partial charge in [0.25, 0.3) is 5.91 Å². The van der Waals surface area contributed by atoms with Crippen LogP contribution in [-0.4, -0.2) is 25.1 Å². The van der Waals surface area contributed by atoms with E-state index in [9.17, 15) is 4.79 Å². The van der Waals surface area contributed by atoms with E-state index in [1.165, 1.54) is 11.3 Å². The van der Waals surface area contributed by atoms with E-state index in [4.69, 9.17) is 9.47 Å². The van der Waals surface area contributed by atoms with Gasteiger partial charge in [-0.1, -0.05) is 35.6 Å². The summed E-state index contributed by atoms with van der Waals surface area (Å²) >= 11 is 1.44. The van der Waals surface area contributed by atoms with Gasteiger partial charge >= 0.3 is 0 Å². The van der Waals surface area contributed by atoms with Crippen LogP contribution in [0.3, 0.4) is 0 Å². The number of nitrogens with one attached hydrogen (secondary N) is 1. The minimum Gasteiger partial charge on any atom is -0.497 e. The Balaban J connectivity index is 1.61. The van der Waals surface area contributed by atoms with Crippen molar-refractivity contribution in [1.29, 1.82) is 0 Å². The van der Waals surface area contributed by atoms with Gasteiger partial charge in [0, 0.05) is 11.6 Å². The van der Waals surface area contributed by atoms with Crippen LogP contribution in [0.25, 0.3) is 21.3 Å². The highest BCUT2D eigenvalue weighted by Gasteiger charge is 2.15. The molecule has 1 heterocycles. The maximum Gasteiger partial charge on any atom is 0.257 e. The molecule has 6 heteroatoms. The van der Waals surface area contributed by atoms with Gasteiger partial charge in [0.05, 0.1) is 24.4 Å². The minimum atomic E-state index is -0.177. The van der Waals surface area contributed by atoms with Gasteiger partial charge in [-0.15, -0.1) is 0 Å². The third kappa shape index (κ3) is 3.79. The van der Waals surface area contributed by atoms with E-state index in [0.29, 0.717) is 10.7 Å². The molecule has 0 aliphatic heterocycles. The number of hydrogen-bond acceptors (Lipinski definition) is 5. The normalized spacial score (nSPS) is 10.7. The molecule has 0 atom stereocenters. The zero-order valence-corrected chi connectivity index (χ0v) is 17.2. The van der Waals surface area contributed by atoms with E-state index in [0.717, 1.165) is 38.4 Å². The predicted octanol–water partition coefficient (Wildman–Crippen LogP) is 5.54. The molecule has 0 aliphatic carbocycles. The SMILES string of the molecule is COc1ccc(-c2cccc(C(=O)Nc3nc4cc(OC)ccc4s3)c2C)cc1. The second-order valence-electron chi connectivity index (χ2n) is 6.51. The number of aromatic nitrogens is 1. The van der Waals surface area contributed by atoms with Crippen molar-refractivity contribution in [3.63, 3.8) is 0 Å². The summed E-state index contributed by atoms with van der Waals surface area (Å²) in [5.74, 6) is 1.36. The molecular formula is C23H20N2O3S. The van der Waals surface area contributed by atoms with Gasteiger partial charge in [0.2, 0.25) is 0 Å². The molecule has 0 saturated heterocycles. The number of anilines is 1. The maximum atomic E-state index is 12.9. The number of nitrogens with zero attached hydrogens (tertiary/aromatic N) is 1. The summed E-state index contributed by atoms with van der Waals surface area (Å²) in [4.78, 5) is 17.4. The van der Waals surface area contributed by atoms with Crippen LogP contribution in [0.2, 0.25) is 0 Å². The Morgan fingerprint density at radius 2 is 1.69 bits per heavy atom. The van der Waals surface area contributed by atoms with Crippen molar-refractivity contribution in [3.8, 4) is 22.6 Å². The molecule has 0 saturated carbocycles. The lowest BCUT2D eigenvalue weighted by Crippen LogP contribution is -2.13. The second-order valence-corrected chi connectivity index (χ2v) is 7.54. The molecule has 0 radical (unpaired) electrons. The van der Waals surface area contributed by atoms with Gasteiger partial charge in [0.1, 0.15) is 11.5 Å². The van der Waals surface area contributed by atoms with E-state index in [2.05, 4.69) is 10.3 Å². The number of hydrogen-bond donors (Lipinski definition) is 1. The zero-order valence-electron chi connectivity index (χ0n) is 16.4. The number of fused-ring (bicyclic) bond motifs is 1. The molecule has 0 fully saturated rings. The van der Waals surface area contributed by atoms with E-state index >= 15 is 0 Å². The van der Waals surface area contributed by atoms with Crippen LogP contribution in [0, 0.1) is 6.92 Å². The average Bonchev–Trinajstić information content (AvgIpc) is 3.15. The first-order chi connectivity index (χ1) is 14.1. The highest BCUT2D eigenvalue weighted by Crippen LogP contribution is 2.31. The molecule has 1 aromatic heterocycles. The molecule has 0 unspecified atom stereocenters. The van der Waals surface area contributed by atoms with E-state index < -0.39 is 0 Å². The monoisotopic (exact) mass is 404 g/mol. The van der Waals surface area contributed by atoms with Gasteiger partial charge < -0.3 is 9.47 Å². The van der Waals surface area contributed by atoms with Crippen molar-refractivity contribution in [2.75, 3.05) is 19.5 Å². The summed E-state index contributed by atoms with van der Waals surface area (Å²) in [6.45, 7) is 1.96. The first kappa shape index (κ1) is 19.0. The number of amides is 1. The lowest BCUT2D eigenvalue weighted by Gasteiger charge is -2.11. The van der Waals surface area contributed by atoms with Gasteiger partial charge in [-0.25, -0.2) is 4.98 Å². The van der Waals surface area contributed by atoms with Crippen molar-refractivity contribution in [1.82, 2.24) is 4.98 Å². The molecule has 5 nitrogen and oxygen atoms in total. The smallest absolute Gasteiger partial charge is 0.257 e. The summed E-state index contributed by atoms with van der Waals surface area (Å²) in [7, 11) is 3.26. The van der Waals surface area contributed by atoms with Gasteiger partial charge in [0.15, 0.2) is 5.13 Å². The molecule has 0 aliphatic rings. The Kier molecular flexibility index (Phi) is 5.18. The molecule has 29 heavy (non-hydrogen) atoms. The molecule has 4 aromatic rings. The number of methoxy groups -OCH3 is 2. The standard InChI is InChI=1S/C23H20N2O3S/c1-14-18(15-7-9-16(27-2)10-8-15)5-4-6-19(14)22(26)25-23-24-20-13-17(28-3)11-12-21(20)29-23/h4-13H,1-3H3,(H,24,25,26). The van der Waals surface area contributed by atoms with Crippen LogP contribution in [0.4, 0.5) is 5.13 Å². The number of ether oxygens (including phenoxy) is 2. The minimum absolute atomic E-state index is 0.177. The number of rotatable bonds is 5. The average molecular weight is 404 g/mol. The maximum absolute atomic E-state index is 12.9. The first-order valence-corrected chi connectivity index (χ1v) is 9.90. The summed E-state index contributed by atoms with van der Waals surface area (Å²) in [6.07, 6.45) is 0. The largest absolute Gasteiger partial charge is 0.497 e.